The zero-order valence-electron chi connectivity index (χ0n) is 25.3. The van der Waals surface area contributed by atoms with Gasteiger partial charge in [0.25, 0.3) is 5.91 Å². The van der Waals surface area contributed by atoms with Crippen LogP contribution in [0.5, 0.6) is 11.5 Å². The molecule has 0 aromatic heterocycles. The van der Waals surface area contributed by atoms with E-state index in [4.69, 9.17) is 14.2 Å². The molecule has 0 aliphatic carbocycles. The number of carbonyl (C=O) groups is 2. The van der Waals surface area contributed by atoms with Crippen molar-refractivity contribution in [2.45, 2.75) is 45.0 Å². The van der Waals surface area contributed by atoms with Crippen molar-refractivity contribution in [2.75, 3.05) is 40.5 Å². The standard InChI is InChI=1S/C35H41N3O5/c1-25(39)38-22-29-20-31(34(32(23-38)36-29)35(40)37(2)21-26-10-5-4-6-11-26)27-14-16-30(17-15-27)43-19-9-18-42-24-28-12-7-8-13-33(28)41-3/h4-8,10-17,29,32,36H,9,18-24H2,1-3H3/t29-,32-/m1/s1. The first kappa shape index (κ1) is 30.3. The van der Waals surface area contributed by atoms with Crippen LogP contribution in [0.4, 0.5) is 0 Å². The number of benzene rings is 3. The minimum Gasteiger partial charge on any atom is -0.496 e. The van der Waals surface area contributed by atoms with Gasteiger partial charge in [0.05, 0.1) is 33.0 Å². The van der Waals surface area contributed by atoms with Crippen LogP contribution < -0.4 is 14.8 Å². The molecule has 3 aromatic carbocycles. The van der Waals surface area contributed by atoms with Gasteiger partial charge in [0.2, 0.25) is 5.91 Å². The Morgan fingerprint density at radius 2 is 1.70 bits per heavy atom. The lowest BCUT2D eigenvalue weighted by Crippen LogP contribution is -2.61. The maximum absolute atomic E-state index is 14.0. The van der Waals surface area contributed by atoms with Crippen LogP contribution in [0.15, 0.2) is 84.4 Å². The van der Waals surface area contributed by atoms with E-state index < -0.39 is 0 Å². The van der Waals surface area contributed by atoms with E-state index in [1.807, 2.05) is 90.8 Å². The zero-order chi connectivity index (χ0) is 30.2. The first-order valence-electron chi connectivity index (χ1n) is 14.9. The Hall–Kier alpha value is -4.14. The van der Waals surface area contributed by atoms with Crippen molar-refractivity contribution in [3.63, 3.8) is 0 Å². The molecule has 0 unspecified atom stereocenters. The molecule has 3 aromatic rings. The molecule has 0 spiro atoms. The molecule has 43 heavy (non-hydrogen) atoms. The highest BCUT2D eigenvalue weighted by molar-refractivity contribution is 6.03. The van der Waals surface area contributed by atoms with Gasteiger partial charge in [0, 0.05) is 57.2 Å². The maximum atomic E-state index is 14.0. The van der Waals surface area contributed by atoms with Crippen LogP contribution in [0, 0.1) is 0 Å². The number of ether oxygens (including phenoxy) is 3. The number of hydrogen-bond acceptors (Lipinski definition) is 6. The van der Waals surface area contributed by atoms with Crippen LogP contribution in [0.1, 0.15) is 36.5 Å². The van der Waals surface area contributed by atoms with Gasteiger partial charge in [0.1, 0.15) is 11.5 Å². The fourth-order valence-corrected chi connectivity index (χ4v) is 5.87. The maximum Gasteiger partial charge on any atom is 0.251 e. The van der Waals surface area contributed by atoms with E-state index in [9.17, 15) is 9.59 Å². The molecular formula is C35H41N3O5. The molecule has 0 radical (unpaired) electrons. The summed E-state index contributed by atoms with van der Waals surface area (Å²) in [5.74, 6) is 1.62. The highest BCUT2D eigenvalue weighted by Gasteiger charge is 2.39. The fourth-order valence-electron chi connectivity index (χ4n) is 5.87. The molecule has 2 aliphatic rings. The van der Waals surface area contributed by atoms with E-state index in [0.29, 0.717) is 45.9 Å². The summed E-state index contributed by atoms with van der Waals surface area (Å²) in [4.78, 5) is 29.9. The zero-order valence-corrected chi connectivity index (χ0v) is 25.3. The number of piperazine rings is 1. The number of rotatable bonds is 12. The number of carbonyl (C=O) groups excluding carboxylic acids is 2. The second-order valence-electron chi connectivity index (χ2n) is 11.2. The summed E-state index contributed by atoms with van der Waals surface area (Å²) in [6.07, 6.45) is 1.43. The van der Waals surface area contributed by atoms with E-state index in [1.54, 1.807) is 18.9 Å². The number of nitrogens with one attached hydrogen (secondary N) is 1. The van der Waals surface area contributed by atoms with Gasteiger partial charge in [-0.15, -0.1) is 0 Å². The molecule has 2 amide bonds. The number of amides is 2. The van der Waals surface area contributed by atoms with Gasteiger partial charge >= 0.3 is 0 Å². The third-order valence-electron chi connectivity index (χ3n) is 8.04. The molecule has 1 N–H and O–H groups in total. The second-order valence-corrected chi connectivity index (χ2v) is 11.2. The van der Waals surface area contributed by atoms with E-state index in [1.165, 1.54) is 0 Å². The van der Waals surface area contributed by atoms with Crippen LogP contribution in [0.2, 0.25) is 0 Å². The molecule has 0 saturated carbocycles. The molecule has 2 heterocycles. The van der Waals surface area contributed by atoms with Gasteiger partial charge in [-0.25, -0.2) is 0 Å². The quantitative estimate of drug-likeness (QED) is 0.312. The Morgan fingerprint density at radius 1 is 0.953 bits per heavy atom. The summed E-state index contributed by atoms with van der Waals surface area (Å²) < 4.78 is 17.2. The van der Waals surface area contributed by atoms with Crippen molar-refractivity contribution in [1.82, 2.24) is 15.1 Å². The number of hydrogen-bond donors (Lipinski definition) is 1. The number of nitrogens with zero attached hydrogens (tertiary/aromatic N) is 2. The summed E-state index contributed by atoms with van der Waals surface area (Å²) in [6.45, 7) is 4.84. The van der Waals surface area contributed by atoms with Crippen molar-refractivity contribution in [1.29, 1.82) is 0 Å². The Kier molecular flexibility index (Phi) is 10.1. The van der Waals surface area contributed by atoms with E-state index in [-0.39, 0.29) is 23.9 Å². The lowest BCUT2D eigenvalue weighted by molar-refractivity contribution is -0.132. The average molecular weight is 584 g/mol. The van der Waals surface area contributed by atoms with Crippen molar-refractivity contribution in [2.24, 2.45) is 0 Å². The smallest absolute Gasteiger partial charge is 0.251 e. The van der Waals surface area contributed by atoms with Gasteiger partial charge in [-0.3, -0.25) is 9.59 Å². The van der Waals surface area contributed by atoms with Gasteiger partial charge in [-0.1, -0.05) is 60.7 Å². The minimum absolute atomic E-state index is 0.0198. The first-order chi connectivity index (χ1) is 20.9. The van der Waals surface area contributed by atoms with Crippen LogP contribution >= 0.6 is 0 Å². The highest BCUT2D eigenvalue weighted by Crippen LogP contribution is 2.35. The summed E-state index contributed by atoms with van der Waals surface area (Å²) >= 11 is 0. The van der Waals surface area contributed by atoms with Crippen LogP contribution in [0.3, 0.4) is 0 Å². The summed E-state index contributed by atoms with van der Waals surface area (Å²) in [5.41, 5.74) is 4.88. The van der Waals surface area contributed by atoms with E-state index in [2.05, 4.69) is 5.32 Å². The number of para-hydroxylation sites is 1. The number of fused-ring (bicyclic) bond motifs is 2. The minimum atomic E-state index is -0.219. The third-order valence-corrected chi connectivity index (χ3v) is 8.04. The largest absolute Gasteiger partial charge is 0.496 e. The van der Waals surface area contributed by atoms with Gasteiger partial charge in [-0.2, -0.15) is 0 Å². The predicted molar refractivity (Wildman–Crippen MR) is 167 cm³/mol. The molecular weight excluding hydrogens is 542 g/mol. The van der Waals surface area contributed by atoms with E-state index >= 15 is 0 Å². The summed E-state index contributed by atoms with van der Waals surface area (Å²) in [6, 6.07) is 25.7. The first-order valence-corrected chi connectivity index (χ1v) is 14.9. The van der Waals surface area contributed by atoms with Crippen molar-refractivity contribution in [3.8, 4) is 11.5 Å². The topological polar surface area (TPSA) is 80.3 Å². The molecule has 8 heteroatoms. The lowest BCUT2D eigenvalue weighted by atomic mass is 9.83. The third kappa shape index (κ3) is 7.63. The van der Waals surface area contributed by atoms with Gasteiger partial charge in [-0.05, 0) is 41.3 Å². The van der Waals surface area contributed by atoms with Crippen molar-refractivity contribution < 1.29 is 23.8 Å². The fraction of sp³-hybridized carbons (Fsp3) is 0.371. The van der Waals surface area contributed by atoms with Crippen molar-refractivity contribution in [3.05, 3.63) is 101 Å². The number of likely N-dealkylation sites (N-methyl/N-ethyl adjacent to an activating group) is 1. The van der Waals surface area contributed by atoms with Crippen LogP contribution in [-0.2, 0) is 27.5 Å². The molecule has 5 rings (SSSR count). The van der Waals surface area contributed by atoms with Crippen molar-refractivity contribution >= 4 is 17.4 Å². The Morgan fingerprint density at radius 3 is 2.44 bits per heavy atom. The normalized spacial score (nSPS) is 17.9. The second kappa shape index (κ2) is 14.4. The molecule has 1 saturated heterocycles. The van der Waals surface area contributed by atoms with Gasteiger partial charge in [0.15, 0.2) is 0 Å². The lowest BCUT2D eigenvalue weighted by Gasteiger charge is -2.44. The Bertz CT molecular complexity index is 1420. The highest BCUT2D eigenvalue weighted by atomic mass is 16.5. The Labute approximate surface area is 254 Å². The van der Waals surface area contributed by atoms with Gasteiger partial charge < -0.3 is 29.3 Å². The van der Waals surface area contributed by atoms with E-state index in [0.717, 1.165) is 45.8 Å². The predicted octanol–water partition coefficient (Wildman–Crippen LogP) is 4.69. The molecule has 2 aliphatic heterocycles. The molecule has 2 atom stereocenters. The number of methoxy groups -OCH3 is 1. The molecule has 1 fully saturated rings. The summed E-state index contributed by atoms with van der Waals surface area (Å²) in [7, 11) is 3.51. The Balaban J connectivity index is 1.24. The summed E-state index contributed by atoms with van der Waals surface area (Å²) in [5, 5.41) is 3.62. The SMILES string of the molecule is COc1ccccc1COCCCOc1ccc(C2=C(C(=O)N(C)Cc3ccccc3)[C@H]3CN(C(C)=O)C[C@@H](C2)N3)cc1. The molecule has 226 valence electrons. The molecule has 2 bridgehead atoms. The van der Waals surface area contributed by atoms with Crippen LogP contribution in [-0.4, -0.2) is 74.2 Å². The monoisotopic (exact) mass is 583 g/mol. The molecule has 8 nitrogen and oxygen atoms in total. The average Bonchev–Trinajstić information content (AvgIpc) is 3.03. The van der Waals surface area contributed by atoms with Crippen LogP contribution in [0.25, 0.3) is 5.57 Å².